The van der Waals surface area contributed by atoms with E-state index in [0.717, 1.165) is 51.5 Å². The summed E-state index contributed by atoms with van der Waals surface area (Å²) < 4.78 is 0. The molecule has 40 heavy (non-hydrogen) atoms. The molecule has 1 aromatic carbocycles. The third-order valence-corrected chi connectivity index (χ3v) is 13.9. The second-order valence-electron chi connectivity index (χ2n) is 16.4. The fourth-order valence-electron chi connectivity index (χ4n) is 13.3. The van der Waals surface area contributed by atoms with Gasteiger partial charge < -0.3 is 10.0 Å². The number of hydrogen-bond acceptors (Lipinski definition) is 2. The zero-order valence-electron chi connectivity index (χ0n) is 24.4. The van der Waals surface area contributed by atoms with Crippen molar-refractivity contribution in [3.05, 3.63) is 35.9 Å². The molecule has 9 aliphatic rings. The van der Waals surface area contributed by atoms with Crippen LogP contribution in [0.5, 0.6) is 0 Å². The quantitative estimate of drug-likeness (QED) is 0.384. The zero-order chi connectivity index (χ0) is 27.2. The molecule has 1 N–H and O–H groups in total. The molecule has 9 aliphatic carbocycles. The molecule has 1 amide bonds. The van der Waals surface area contributed by atoms with Gasteiger partial charge in [0.25, 0.3) is 0 Å². The van der Waals surface area contributed by atoms with E-state index in [4.69, 9.17) is 0 Å². The van der Waals surface area contributed by atoms with Crippen LogP contribution in [0.3, 0.4) is 0 Å². The number of nitrogens with zero attached hydrogens (tertiary/aromatic N) is 1. The number of carbonyl (C=O) groups excluding carboxylic acids is 1. The van der Waals surface area contributed by atoms with E-state index in [1.165, 1.54) is 76.2 Å². The smallest absolute Gasteiger partial charge is 0.309 e. The van der Waals surface area contributed by atoms with Crippen molar-refractivity contribution in [1.29, 1.82) is 0 Å². The lowest BCUT2D eigenvalue weighted by atomic mass is 9.31. The first kappa shape index (κ1) is 25.8. The monoisotopic (exact) mass is 543 g/mol. The van der Waals surface area contributed by atoms with Gasteiger partial charge in [-0.15, -0.1) is 0 Å². The Hall–Kier alpha value is -1.84. The van der Waals surface area contributed by atoms with Crippen molar-refractivity contribution in [3.8, 4) is 0 Å². The van der Waals surface area contributed by atoms with Crippen LogP contribution in [0.4, 0.5) is 0 Å². The third-order valence-electron chi connectivity index (χ3n) is 13.9. The minimum atomic E-state index is -0.508. The normalized spacial score (nSPS) is 45.1. The van der Waals surface area contributed by atoms with Crippen LogP contribution in [0, 0.1) is 45.3 Å². The van der Waals surface area contributed by atoms with Crippen molar-refractivity contribution in [2.45, 2.75) is 122 Å². The van der Waals surface area contributed by atoms with Gasteiger partial charge in [-0.25, -0.2) is 0 Å². The topological polar surface area (TPSA) is 57.6 Å². The van der Waals surface area contributed by atoms with Crippen LogP contribution in [-0.2, 0) is 16.0 Å². The molecule has 4 unspecified atom stereocenters. The summed E-state index contributed by atoms with van der Waals surface area (Å²) in [6.07, 6.45) is 20.8. The number of carbonyl (C=O) groups is 2. The van der Waals surface area contributed by atoms with E-state index in [1.807, 2.05) is 0 Å². The van der Waals surface area contributed by atoms with Crippen LogP contribution in [0.25, 0.3) is 0 Å². The van der Waals surface area contributed by atoms with Crippen molar-refractivity contribution >= 4 is 11.9 Å². The van der Waals surface area contributed by atoms with E-state index >= 15 is 4.79 Å². The molecule has 0 aromatic heterocycles. The first-order chi connectivity index (χ1) is 19.3. The molecule has 9 fully saturated rings. The minimum Gasteiger partial charge on any atom is -0.481 e. The Kier molecular flexibility index (Phi) is 5.86. The summed E-state index contributed by atoms with van der Waals surface area (Å²) in [6, 6.07) is 11.2. The van der Waals surface area contributed by atoms with E-state index in [1.54, 1.807) is 0 Å². The summed E-state index contributed by atoms with van der Waals surface area (Å²) in [5.74, 6) is 2.53. The minimum absolute atomic E-state index is 0.165. The number of aliphatic carboxylic acids is 1. The second kappa shape index (κ2) is 9.08. The van der Waals surface area contributed by atoms with E-state index < -0.39 is 11.4 Å². The molecular formula is C36H49NO3. The number of benzene rings is 1. The highest BCUT2D eigenvalue weighted by Crippen LogP contribution is 2.78. The van der Waals surface area contributed by atoms with Gasteiger partial charge in [-0.3, -0.25) is 9.59 Å². The van der Waals surface area contributed by atoms with Crippen LogP contribution in [0.15, 0.2) is 30.3 Å². The van der Waals surface area contributed by atoms with Crippen LogP contribution >= 0.6 is 0 Å². The largest absolute Gasteiger partial charge is 0.481 e. The van der Waals surface area contributed by atoms with Gasteiger partial charge in [0.05, 0.1) is 10.8 Å². The Morgan fingerprint density at radius 1 is 0.725 bits per heavy atom. The summed E-state index contributed by atoms with van der Waals surface area (Å²) in [5.41, 5.74) is 1.03. The van der Waals surface area contributed by atoms with Crippen LogP contribution in [0.2, 0.25) is 0 Å². The Bertz CT molecular complexity index is 1140. The average molecular weight is 544 g/mol. The summed E-state index contributed by atoms with van der Waals surface area (Å²) in [7, 11) is 0. The summed E-state index contributed by atoms with van der Waals surface area (Å²) in [5, 5.41) is 10.5. The summed E-state index contributed by atoms with van der Waals surface area (Å²) in [4.78, 5) is 30.3. The number of rotatable bonds is 7. The van der Waals surface area contributed by atoms with Gasteiger partial charge in [0.2, 0.25) is 5.91 Å². The SMILES string of the molecule is O=C(O)C12CC3CC(C1)CC(C14CC5CC(CC(C(=O)N(CCc6ccccc6)C6CCCCC6)(C5)C1)C4)(C3)C2. The molecule has 0 aliphatic heterocycles. The van der Waals surface area contributed by atoms with Crippen LogP contribution < -0.4 is 0 Å². The molecular weight excluding hydrogens is 494 g/mol. The van der Waals surface area contributed by atoms with Gasteiger partial charge in [0, 0.05) is 12.6 Å². The van der Waals surface area contributed by atoms with E-state index in [-0.39, 0.29) is 16.2 Å². The zero-order valence-corrected chi connectivity index (χ0v) is 24.4. The Morgan fingerprint density at radius 2 is 1.25 bits per heavy atom. The van der Waals surface area contributed by atoms with Gasteiger partial charge in [-0.2, -0.15) is 0 Å². The maximum Gasteiger partial charge on any atom is 0.309 e. The van der Waals surface area contributed by atoms with E-state index in [2.05, 4.69) is 35.2 Å². The van der Waals surface area contributed by atoms with E-state index in [0.29, 0.717) is 35.6 Å². The molecule has 0 spiro atoms. The fourth-order valence-corrected chi connectivity index (χ4v) is 13.3. The molecule has 4 heteroatoms. The lowest BCUT2D eigenvalue weighted by molar-refractivity contribution is -0.241. The second-order valence-corrected chi connectivity index (χ2v) is 16.4. The highest BCUT2D eigenvalue weighted by molar-refractivity contribution is 5.84. The van der Waals surface area contributed by atoms with Gasteiger partial charge >= 0.3 is 5.97 Å². The van der Waals surface area contributed by atoms with Crippen LogP contribution in [-0.4, -0.2) is 34.5 Å². The number of hydrogen-bond donors (Lipinski definition) is 1. The maximum absolute atomic E-state index is 15.1. The fraction of sp³-hybridized carbons (Fsp3) is 0.778. The van der Waals surface area contributed by atoms with Gasteiger partial charge in [-0.1, -0.05) is 49.6 Å². The predicted molar refractivity (Wildman–Crippen MR) is 155 cm³/mol. The molecule has 9 saturated carbocycles. The Labute approximate surface area is 240 Å². The van der Waals surface area contributed by atoms with Crippen molar-refractivity contribution in [2.24, 2.45) is 45.3 Å². The summed E-state index contributed by atoms with van der Waals surface area (Å²) in [6.45, 7) is 0.856. The molecule has 10 rings (SSSR count). The maximum atomic E-state index is 15.1. The molecule has 4 atom stereocenters. The van der Waals surface area contributed by atoms with Crippen molar-refractivity contribution < 1.29 is 14.7 Å². The molecule has 216 valence electrons. The molecule has 8 bridgehead atoms. The predicted octanol–water partition coefficient (Wildman–Crippen LogP) is 7.65. The Morgan fingerprint density at radius 3 is 1.80 bits per heavy atom. The molecule has 1 aromatic rings. The van der Waals surface area contributed by atoms with Gasteiger partial charge in [-0.05, 0) is 136 Å². The highest BCUT2D eigenvalue weighted by atomic mass is 16.4. The third kappa shape index (κ3) is 3.82. The number of carboxylic acids is 1. The van der Waals surface area contributed by atoms with Gasteiger partial charge in [0.15, 0.2) is 0 Å². The highest BCUT2D eigenvalue weighted by Gasteiger charge is 2.72. The van der Waals surface area contributed by atoms with E-state index in [9.17, 15) is 9.90 Å². The van der Waals surface area contributed by atoms with Gasteiger partial charge in [0.1, 0.15) is 0 Å². The van der Waals surface area contributed by atoms with Crippen LogP contribution in [0.1, 0.15) is 115 Å². The van der Waals surface area contributed by atoms with Crippen molar-refractivity contribution in [2.75, 3.05) is 6.54 Å². The lowest BCUT2D eigenvalue weighted by Crippen LogP contribution is -2.67. The number of amides is 1. The number of carboxylic acid groups (broad SMARTS) is 1. The molecule has 0 saturated heterocycles. The summed E-state index contributed by atoms with van der Waals surface area (Å²) >= 11 is 0. The lowest BCUT2D eigenvalue weighted by Gasteiger charge is -2.73. The average Bonchev–Trinajstić information content (AvgIpc) is 2.93. The molecule has 0 radical (unpaired) electrons. The Balaban J connectivity index is 1.13. The standard InChI is InChI=1S/C36H49NO3/c38-31(37(30-9-5-2-6-10-30)12-11-25-7-3-1-4-8-25)33-15-26-13-27(16-33)20-35(19-26,23-33)36-21-28-14-29(22-36)18-34(17-28,24-36)32(39)40/h1,3-4,7-8,26-30H,2,5-6,9-24H2,(H,39,40). The van der Waals surface area contributed by atoms with Crippen molar-refractivity contribution in [1.82, 2.24) is 4.90 Å². The van der Waals surface area contributed by atoms with Crippen molar-refractivity contribution in [3.63, 3.8) is 0 Å². The molecule has 4 nitrogen and oxygen atoms in total. The first-order valence-electron chi connectivity index (χ1n) is 16.9. The first-order valence-corrected chi connectivity index (χ1v) is 16.9. The molecule has 0 heterocycles.